The standard InChI is InChI=1S/C11H20O2/c1-5-10(12)13-9-7-8-11(3,4)6-2/h5H,1,6-9H2,2-4H3. The molecule has 0 aliphatic carbocycles. The monoisotopic (exact) mass is 184 g/mol. The van der Waals surface area contributed by atoms with Crippen molar-refractivity contribution in [2.75, 3.05) is 6.61 Å². The summed E-state index contributed by atoms with van der Waals surface area (Å²) in [5, 5.41) is 0. The van der Waals surface area contributed by atoms with E-state index in [2.05, 4.69) is 27.4 Å². The van der Waals surface area contributed by atoms with Gasteiger partial charge in [-0.1, -0.05) is 33.8 Å². The molecule has 0 rings (SSSR count). The van der Waals surface area contributed by atoms with Crippen molar-refractivity contribution >= 4 is 5.97 Å². The van der Waals surface area contributed by atoms with Crippen molar-refractivity contribution < 1.29 is 9.53 Å². The van der Waals surface area contributed by atoms with Gasteiger partial charge in [0.2, 0.25) is 0 Å². The molecule has 0 amide bonds. The summed E-state index contributed by atoms with van der Waals surface area (Å²) in [6.07, 6.45) is 4.38. The van der Waals surface area contributed by atoms with E-state index >= 15 is 0 Å². The Balaban J connectivity index is 3.46. The third-order valence-electron chi connectivity index (χ3n) is 2.37. The zero-order chi connectivity index (χ0) is 10.3. The van der Waals surface area contributed by atoms with Crippen LogP contribution in [-0.4, -0.2) is 12.6 Å². The molecular formula is C11H20O2. The maximum atomic E-state index is 10.7. The first kappa shape index (κ1) is 12.2. The maximum Gasteiger partial charge on any atom is 0.330 e. The molecule has 0 atom stereocenters. The molecule has 2 heteroatoms. The van der Waals surface area contributed by atoms with Crippen LogP contribution in [0.5, 0.6) is 0 Å². The zero-order valence-electron chi connectivity index (χ0n) is 8.93. The minimum absolute atomic E-state index is 0.325. The largest absolute Gasteiger partial charge is 0.463 e. The molecule has 76 valence electrons. The quantitative estimate of drug-likeness (QED) is 0.360. The van der Waals surface area contributed by atoms with Gasteiger partial charge < -0.3 is 4.74 Å². The van der Waals surface area contributed by atoms with Crippen LogP contribution in [-0.2, 0) is 9.53 Å². The Labute approximate surface area is 81.0 Å². The van der Waals surface area contributed by atoms with Crippen LogP contribution < -0.4 is 0 Å². The third kappa shape index (κ3) is 6.38. The van der Waals surface area contributed by atoms with Crippen molar-refractivity contribution in [1.82, 2.24) is 0 Å². The summed E-state index contributed by atoms with van der Waals surface area (Å²) in [4.78, 5) is 10.7. The number of esters is 1. The lowest BCUT2D eigenvalue weighted by atomic mass is 9.85. The van der Waals surface area contributed by atoms with Crippen molar-refractivity contribution in [2.45, 2.75) is 40.0 Å². The van der Waals surface area contributed by atoms with E-state index in [1.54, 1.807) is 0 Å². The summed E-state index contributed by atoms with van der Waals surface area (Å²) in [5.74, 6) is -0.325. The molecule has 0 aromatic heterocycles. The van der Waals surface area contributed by atoms with E-state index in [0.717, 1.165) is 19.3 Å². The summed E-state index contributed by atoms with van der Waals surface area (Å²) < 4.78 is 4.87. The highest BCUT2D eigenvalue weighted by molar-refractivity contribution is 5.81. The summed E-state index contributed by atoms with van der Waals surface area (Å²) in [7, 11) is 0. The van der Waals surface area contributed by atoms with E-state index in [-0.39, 0.29) is 5.97 Å². The topological polar surface area (TPSA) is 26.3 Å². The molecule has 0 aliphatic heterocycles. The Bertz CT molecular complexity index is 171. The lowest BCUT2D eigenvalue weighted by molar-refractivity contribution is -0.138. The first-order chi connectivity index (χ1) is 6.02. The molecule has 2 nitrogen and oxygen atoms in total. The van der Waals surface area contributed by atoms with Gasteiger partial charge in [-0.25, -0.2) is 4.79 Å². The van der Waals surface area contributed by atoms with E-state index in [1.165, 1.54) is 6.08 Å². The van der Waals surface area contributed by atoms with Crippen molar-refractivity contribution in [2.24, 2.45) is 5.41 Å². The minimum Gasteiger partial charge on any atom is -0.463 e. The van der Waals surface area contributed by atoms with E-state index in [1.807, 2.05) is 0 Å². The highest BCUT2D eigenvalue weighted by Crippen LogP contribution is 2.25. The van der Waals surface area contributed by atoms with Crippen molar-refractivity contribution in [3.63, 3.8) is 0 Å². The fourth-order valence-electron chi connectivity index (χ4n) is 0.959. The molecule has 13 heavy (non-hydrogen) atoms. The molecule has 0 aromatic rings. The molecule has 0 radical (unpaired) electrons. The Hall–Kier alpha value is -0.790. The van der Waals surface area contributed by atoms with Crippen LogP contribution in [0, 0.1) is 5.41 Å². The second-order valence-corrected chi connectivity index (χ2v) is 3.99. The normalized spacial score (nSPS) is 11.0. The molecule has 0 unspecified atom stereocenters. The summed E-state index contributed by atoms with van der Waals surface area (Å²) >= 11 is 0. The number of hydrogen-bond acceptors (Lipinski definition) is 2. The number of ether oxygens (including phenoxy) is 1. The summed E-state index contributed by atoms with van der Waals surface area (Å²) in [5.41, 5.74) is 0.362. The van der Waals surface area contributed by atoms with Gasteiger partial charge >= 0.3 is 5.97 Å². The van der Waals surface area contributed by atoms with Gasteiger partial charge in [0.15, 0.2) is 0 Å². The van der Waals surface area contributed by atoms with Crippen LogP contribution >= 0.6 is 0 Å². The van der Waals surface area contributed by atoms with Gasteiger partial charge in [-0.15, -0.1) is 0 Å². The van der Waals surface area contributed by atoms with E-state index in [4.69, 9.17) is 4.74 Å². The molecule has 0 saturated heterocycles. The molecule has 0 bridgehead atoms. The Kier molecular flexibility index (Phi) is 5.44. The van der Waals surface area contributed by atoms with Gasteiger partial charge in [0.1, 0.15) is 0 Å². The lowest BCUT2D eigenvalue weighted by Crippen LogP contribution is -2.11. The van der Waals surface area contributed by atoms with Gasteiger partial charge in [-0.3, -0.25) is 0 Å². The Morgan fingerprint density at radius 2 is 2.15 bits per heavy atom. The smallest absolute Gasteiger partial charge is 0.330 e. The lowest BCUT2D eigenvalue weighted by Gasteiger charge is -2.21. The van der Waals surface area contributed by atoms with Crippen LogP contribution in [0.25, 0.3) is 0 Å². The van der Waals surface area contributed by atoms with Gasteiger partial charge in [0, 0.05) is 6.08 Å². The second-order valence-electron chi connectivity index (χ2n) is 3.99. The van der Waals surface area contributed by atoms with E-state index in [0.29, 0.717) is 12.0 Å². The Morgan fingerprint density at radius 3 is 2.62 bits per heavy atom. The molecule has 0 fully saturated rings. The minimum atomic E-state index is -0.325. The highest BCUT2D eigenvalue weighted by Gasteiger charge is 2.14. The summed E-state index contributed by atoms with van der Waals surface area (Å²) in [6, 6.07) is 0. The van der Waals surface area contributed by atoms with Gasteiger partial charge in [0.25, 0.3) is 0 Å². The number of hydrogen-bond donors (Lipinski definition) is 0. The van der Waals surface area contributed by atoms with Gasteiger partial charge in [-0.05, 0) is 18.3 Å². The molecule has 0 aromatic carbocycles. The first-order valence-corrected chi connectivity index (χ1v) is 4.81. The number of carbonyl (C=O) groups is 1. The maximum absolute atomic E-state index is 10.7. The number of carbonyl (C=O) groups excluding carboxylic acids is 1. The van der Waals surface area contributed by atoms with Crippen LogP contribution in [0.4, 0.5) is 0 Å². The molecular weight excluding hydrogens is 164 g/mol. The summed E-state index contributed by atoms with van der Waals surface area (Å²) in [6.45, 7) is 10.5. The van der Waals surface area contributed by atoms with Crippen LogP contribution in [0.1, 0.15) is 40.0 Å². The second kappa shape index (κ2) is 5.79. The predicted molar refractivity (Wildman–Crippen MR) is 54.5 cm³/mol. The average molecular weight is 184 g/mol. The average Bonchev–Trinajstić information content (AvgIpc) is 2.12. The predicted octanol–water partition coefficient (Wildman–Crippen LogP) is 2.93. The van der Waals surface area contributed by atoms with Gasteiger partial charge in [-0.2, -0.15) is 0 Å². The van der Waals surface area contributed by atoms with Crippen molar-refractivity contribution in [3.05, 3.63) is 12.7 Å². The molecule has 0 heterocycles. The Morgan fingerprint density at radius 1 is 1.54 bits per heavy atom. The van der Waals surface area contributed by atoms with E-state index < -0.39 is 0 Å². The van der Waals surface area contributed by atoms with Gasteiger partial charge in [0.05, 0.1) is 6.61 Å². The van der Waals surface area contributed by atoms with Crippen molar-refractivity contribution in [1.29, 1.82) is 0 Å². The van der Waals surface area contributed by atoms with Crippen LogP contribution in [0.15, 0.2) is 12.7 Å². The SMILES string of the molecule is C=CC(=O)OCCCC(C)(C)CC. The fourth-order valence-corrected chi connectivity index (χ4v) is 0.959. The molecule has 0 aliphatic rings. The fraction of sp³-hybridized carbons (Fsp3) is 0.727. The molecule has 0 N–H and O–H groups in total. The highest BCUT2D eigenvalue weighted by atomic mass is 16.5. The van der Waals surface area contributed by atoms with Crippen LogP contribution in [0.3, 0.4) is 0 Å². The zero-order valence-corrected chi connectivity index (χ0v) is 8.93. The first-order valence-electron chi connectivity index (χ1n) is 4.81. The third-order valence-corrected chi connectivity index (χ3v) is 2.37. The van der Waals surface area contributed by atoms with Crippen molar-refractivity contribution in [3.8, 4) is 0 Å². The van der Waals surface area contributed by atoms with Crippen LogP contribution in [0.2, 0.25) is 0 Å². The van der Waals surface area contributed by atoms with E-state index in [9.17, 15) is 4.79 Å². The molecule has 0 saturated carbocycles. The number of rotatable bonds is 6. The molecule has 0 spiro atoms.